The van der Waals surface area contributed by atoms with Gasteiger partial charge in [0.2, 0.25) is 0 Å². The SMILES string of the molecule is O=S(=O)(F)NS(=O)(=O)F.[Li]. The average molecular weight is 188 g/mol. The molecule has 5 nitrogen and oxygen atoms in total. The Morgan fingerprint density at radius 3 is 1.10 bits per heavy atom. The van der Waals surface area contributed by atoms with E-state index in [0.717, 1.165) is 0 Å². The molecule has 10 heteroatoms. The zero-order valence-electron chi connectivity index (χ0n) is 4.71. The van der Waals surface area contributed by atoms with Crippen molar-refractivity contribution >= 4 is 39.7 Å². The molecule has 0 unspecified atom stereocenters. The van der Waals surface area contributed by atoms with Gasteiger partial charge in [-0.2, -0.15) is 16.8 Å². The van der Waals surface area contributed by atoms with E-state index in [1.807, 2.05) is 0 Å². The molecule has 0 bridgehead atoms. The Bertz CT molecular complexity index is 246. The van der Waals surface area contributed by atoms with Gasteiger partial charge in [-0.15, -0.1) is 0 Å². The molecule has 0 aromatic carbocycles. The number of nitrogens with one attached hydrogen (secondary N) is 1. The van der Waals surface area contributed by atoms with Crippen LogP contribution in [0, 0.1) is 0 Å². The molecule has 0 aromatic rings. The molecule has 0 saturated carbocycles. The van der Waals surface area contributed by atoms with Crippen LogP contribution in [-0.4, -0.2) is 35.7 Å². The minimum atomic E-state index is -5.49. The van der Waals surface area contributed by atoms with Gasteiger partial charge in [-0.3, -0.25) is 0 Å². The zero-order valence-corrected chi connectivity index (χ0v) is 6.34. The van der Waals surface area contributed by atoms with Crippen molar-refractivity contribution in [2.45, 2.75) is 0 Å². The van der Waals surface area contributed by atoms with Crippen LogP contribution in [0.3, 0.4) is 0 Å². The van der Waals surface area contributed by atoms with Crippen LogP contribution in [0.4, 0.5) is 7.77 Å². The van der Waals surface area contributed by atoms with Crippen molar-refractivity contribution in [3.63, 3.8) is 0 Å². The third kappa shape index (κ3) is 11.2. The van der Waals surface area contributed by atoms with Crippen molar-refractivity contribution in [3.8, 4) is 0 Å². The van der Waals surface area contributed by atoms with Crippen molar-refractivity contribution in [1.82, 2.24) is 4.13 Å². The summed E-state index contributed by atoms with van der Waals surface area (Å²) in [6.07, 6.45) is 0. The molecule has 0 aliphatic rings. The topological polar surface area (TPSA) is 80.3 Å². The number of halogens is 2. The molecule has 0 spiro atoms. The Kier molecular flexibility index (Phi) is 4.71. The number of rotatable bonds is 2. The zero-order chi connectivity index (χ0) is 7.71. The molecule has 57 valence electrons. The van der Waals surface area contributed by atoms with Crippen LogP contribution in [0.15, 0.2) is 0 Å². The first-order chi connectivity index (χ1) is 3.71. The molecule has 0 atom stereocenters. The minimum Gasteiger partial charge on any atom is -0.176 e. The number of hydrogen-bond acceptors (Lipinski definition) is 4. The van der Waals surface area contributed by atoms with Crippen LogP contribution in [0.2, 0.25) is 0 Å². The third-order valence-corrected chi connectivity index (χ3v) is 1.79. The van der Waals surface area contributed by atoms with E-state index in [0.29, 0.717) is 0 Å². The fourth-order valence-electron chi connectivity index (χ4n) is 0.119. The summed E-state index contributed by atoms with van der Waals surface area (Å²) in [6.45, 7) is 0. The predicted octanol–water partition coefficient (Wildman–Crippen LogP) is -1.38. The van der Waals surface area contributed by atoms with E-state index in [1.54, 1.807) is 0 Å². The molecule has 0 aliphatic heterocycles. The maximum atomic E-state index is 11.1. The summed E-state index contributed by atoms with van der Waals surface area (Å²) in [4.78, 5) is 0. The molecule has 0 amide bonds. The van der Waals surface area contributed by atoms with Gasteiger partial charge in [0, 0.05) is 18.9 Å². The average Bonchev–Trinajstić information content (AvgIpc) is 1.14. The molecule has 0 aromatic heterocycles. The smallest absolute Gasteiger partial charge is 0.176 e. The Balaban J connectivity index is 0. The van der Waals surface area contributed by atoms with Crippen LogP contribution in [0.25, 0.3) is 0 Å². The third-order valence-electron chi connectivity index (χ3n) is 0.199. The predicted molar refractivity (Wildman–Crippen MR) is 28.9 cm³/mol. The van der Waals surface area contributed by atoms with E-state index in [9.17, 15) is 24.6 Å². The summed E-state index contributed by atoms with van der Waals surface area (Å²) < 4.78 is 59.3. The van der Waals surface area contributed by atoms with Crippen molar-refractivity contribution in [3.05, 3.63) is 0 Å². The van der Waals surface area contributed by atoms with Crippen LogP contribution in [0.5, 0.6) is 0 Å². The molecular formula is HF2LiNO4S2. The maximum Gasteiger partial charge on any atom is 0.387 e. The van der Waals surface area contributed by atoms with E-state index in [-0.39, 0.29) is 23.0 Å². The first-order valence-electron chi connectivity index (χ1n) is 1.38. The number of hydrogen-bond donors (Lipinski definition) is 1. The summed E-state index contributed by atoms with van der Waals surface area (Å²) >= 11 is 0. The summed E-state index contributed by atoms with van der Waals surface area (Å²) in [5, 5.41) is 0. The van der Waals surface area contributed by atoms with Gasteiger partial charge in [0.1, 0.15) is 0 Å². The van der Waals surface area contributed by atoms with Gasteiger partial charge in [0.15, 0.2) is 0 Å². The van der Waals surface area contributed by atoms with Crippen molar-refractivity contribution in [1.29, 1.82) is 0 Å². The summed E-state index contributed by atoms with van der Waals surface area (Å²) in [5.74, 6) is 0. The van der Waals surface area contributed by atoms with Gasteiger partial charge in [-0.05, 0) is 0 Å². The van der Waals surface area contributed by atoms with Crippen molar-refractivity contribution < 1.29 is 24.6 Å². The molecular weight excluding hydrogens is 187 g/mol. The molecule has 0 aliphatic carbocycles. The van der Waals surface area contributed by atoms with E-state index in [2.05, 4.69) is 0 Å². The van der Waals surface area contributed by atoms with Gasteiger partial charge in [-0.1, -0.05) is 11.9 Å². The van der Waals surface area contributed by atoms with Gasteiger partial charge in [0.05, 0.1) is 0 Å². The second-order valence-electron chi connectivity index (χ2n) is 0.959. The second kappa shape index (κ2) is 3.63. The Labute approximate surface area is 68.7 Å². The fraction of sp³-hybridized carbons (Fsp3) is 0. The quantitative estimate of drug-likeness (QED) is 0.428. The minimum absolute atomic E-state index is 0. The second-order valence-corrected chi connectivity index (χ2v) is 3.38. The largest absolute Gasteiger partial charge is 0.387 e. The normalized spacial score (nSPS) is 12.2. The molecule has 1 N–H and O–H groups in total. The van der Waals surface area contributed by atoms with E-state index < -0.39 is 20.8 Å². The molecule has 0 rings (SSSR count). The Morgan fingerprint density at radius 1 is 0.900 bits per heavy atom. The van der Waals surface area contributed by atoms with Crippen LogP contribution < -0.4 is 4.13 Å². The van der Waals surface area contributed by atoms with E-state index in [4.69, 9.17) is 0 Å². The molecule has 0 saturated heterocycles. The molecule has 0 fully saturated rings. The van der Waals surface area contributed by atoms with E-state index in [1.165, 1.54) is 0 Å². The van der Waals surface area contributed by atoms with Gasteiger partial charge in [-0.25, -0.2) is 0 Å². The standard InChI is InChI=1S/F2HNO4S2.Li/c1-8(4,5)3-9(2,6)7;/h3H;. The summed E-state index contributed by atoms with van der Waals surface area (Å²) in [7, 11) is -11.0. The molecule has 0 heterocycles. The van der Waals surface area contributed by atoms with Crippen LogP contribution >= 0.6 is 0 Å². The first-order valence-corrected chi connectivity index (χ1v) is 4.15. The molecule has 10 heavy (non-hydrogen) atoms. The Hall–Kier alpha value is 0.317. The van der Waals surface area contributed by atoms with Gasteiger partial charge in [0.25, 0.3) is 0 Å². The van der Waals surface area contributed by atoms with E-state index >= 15 is 0 Å². The monoisotopic (exact) mass is 188 g/mol. The maximum absolute atomic E-state index is 11.1. The van der Waals surface area contributed by atoms with Crippen LogP contribution in [0.1, 0.15) is 0 Å². The molecule has 1 radical (unpaired) electrons. The van der Waals surface area contributed by atoms with Crippen molar-refractivity contribution in [2.24, 2.45) is 0 Å². The summed E-state index contributed by atoms with van der Waals surface area (Å²) in [5.41, 5.74) is 0. The van der Waals surface area contributed by atoms with Crippen LogP contribution in [-0.2, 0) is 20.8 Å². The summed E-state index contributed by atoms with van der Waals surface area (Å²) in [6, 6.07) is 0. The Morgan fingerprint density at radius 2 is 1.10 bits per heavy atom. The van der Waals surface area contributed by atoms with Crippen molar-refractivity contribution in [2.75, 3.05) is 0 Å². The van der Waals surface area contributed by atoms with Gasteiger partial charge >= 0.3 is 20.8 Å². The van der Waals surface area contributed by atoms with Gasteiger partial charge < -0.3 is 0 Å². The first kappa shape index (κ1) is 12.9. The fourth-order valence-corrected chi connectivity index (χ4v) is 1.07.